The van der Waals surface area contributed by atoms with E-state index < -0.39 is 15.9 Å². The first-order valence-corrected chi connectivity index (χ1v) is 9.65. The molecule has 6 nitrogen and oxygen atoms in total. The van der Waals surface area contributed by atoms with Gasteiger partial charge in [0.25, 0.3) is 5.91 Å². The second-order valence-corrected chi connectivity index (χ2v) is 7.74. The molecule has 1 aliphatic heterocycles. The summed E-state index contributed by atoms with van der Waals surface area (Å²) in [7, 11) is -3.73. The number of amides is 1. The summed E-state index contributed by atoms with van der Waals surface area (Å²) in [5, 5.41) is 2.65. The molecule has 1 saturated heterocycles. The summed E-state index contributed by atoms with van der Waals surface area (Å²) in [5.74, 6) is -0.817. The maximum Gasteiger partial charge on any atom is 0.251 e. The Morgan fingerprint density at radius 3 is 2.73 bits per heavy atom. The van der Waals surface area contributed by atoms with E-state index in [-0.39, 0.29) is 28.9 Å². The summed E-state index contributed by atoms with van der Waals surface area (Å²) in [6, 6.07) is 11.4. The van der Waals surface area contributed by atoms with E-state index in [0.29, 0.717) is 25.2 Å². The summed E-state index contributed by atoms with van der Waals surface area (Å²) in [6.07, 6.45) is 0.618. The molecule has 8 heteroatoms. The minimum atomic E-state index is -3.73. The first kappa shape index (κ1) is 18.5. The zero-order chi connectivity index (χ0) is 18.6. The van der Waals surface area contributed by atoms with Crippen LogP contribution in [0.1, 0.15) is 22.3 Å². The van der Waals surface area contributed by atoms with Crippen LogP contribution in [-0.2, 0) is 21.3 Å². The van der Waals surface area contributed by atoms with Crippen LogP contribution >= 0.6 is 0 Å². The second-order valence-electron chi connectivity index (χ2n) is 6.02. The van der Waals surface area contributed by atoms with Crippen LogP contribution in [0.2, 0.25) is 0 Å². The molecule has 0 spiro atoms. The summed E-state index contributed by atoms with van der Waals surface area (Å²) < 4.78 is 45.8. The Morgan fingerprint density at radius 1 is 1.19 bits per heavy atom. The fourth-order valence-electron chi connectivity index (χ4n) is 2.65. The molecule has 0 saturated carbocycles. The molecule has 0 aromatic heterocycles. The highest BCUT2D eigenvalue weighted by Gasteiger charge is 2.24. The van der Waals surface area contributed by atoms with E-state index in [1.807, 2.05) is 0 Å². The van der Waals surface area contributed by atoms with Gasteiger partial charge < -0.3 is 10.1 Å². The molecule has 138 valence electrons. The SMILES string of the molecule is O=C(NCc1cccc(F)c1)c1cccc(S(=O)(=O)N[C@@H]2CCOC2)c1. The predicted molar refractivity (Wildman–Crippen MR) is 93.6 cm³/mol. The van der Waals surface area contributed by atoms with Gasteiger partial charge in [0, 0.05) is 24.8 Å². The van der Waals surface area contributed by atoms with Gasteiger partial charge in [-0.15, -0.1) is 0 Å². The van der Waals surface area contributed by atoms with Crippen LogP contribution in [0.3, 0.4) is 0 Å². The molecule has 1 heterocycles. The molecule has 1 amide bonds. The standard InChI is InChI=1S/C18H19FN2O4S/c19-15-5-1-3-13(9-15)11-20-18(22)14-4-2-6-17(10-14)26(23,24)21-16-7-8-25-12-16/h1-6,9-10,16,21H,7-8,11-12H2,(H,20,22)/t16-/m1/s1. The number of rotatable bonds is 6. The molecule has 0 aliphatic carbocycles. The van der Waals surface area contributed by atoms with E-state index in [0.717, 1.165) is 0 Å². The van der Waals surface area contributed by atoms with Crippen LogP contribution < -0.4 is 10.0 Å². The molecule has 1 fully saturated rings. The minimum absolute atomic E-state index is 0.0165. The van der Waals surface area contributed by atoms with E-state index in [1.165, 1.54) is 36.4 Å². The van der Waals surface area contributed by atoms with Gasteiger partial charge >= 0.3 is 0 Å². The van der Waals surface area contributed by atoms with Gasteiger partial charge in [-0.1, -0.05) is 18.2 Å². The third kappa shape index (κ3) is 4.66. The van der Waals surface area contributed by atoms with Crippen molar-refractivity contribution in [2.24, 2.45) is 0 Å². The molecular formula is C18H19FN2O4S. The molecule has 2 aromatic rings. The van der Waals surface area contributed by atoms with Crippen LogP contribution in [0, 0.1) is 5.82 Å². The number of hydrogen-bond donors (Lipinski definition) is 2. The molecule has 2 N–H and O–H groups in total. The van der Waals surface area contributed by atoms with Gasteiger partial charge in [-0.3, -0.25) is 4.79 Å². The van der Waals surface area contributed by atoms with Crippen LogP contribution in [-0.4, -0.2) is 33.6 Å². The number of hydrogen-bond acceptors (Lipinski definition) is 4. The number of sulfonamides is 1. The lowest BCUT2D eigenvalue weighted by atomic mass is 10.2. The first-order valence-electron chi connectivity index (χ1n) is 8.17. The summed E-state index contributed by atoms with van der Waals surface area (Å²) in [6.45, 7) is 1.01. The van der Waals surface area contributed by atoms with Crippen molar-refractivity contribution in [3.8, 4) is 0 Å². The largest absolute Gasteiger partial charge is 0.380 e. The van der Waals surface area contributed by atoms with Gasteiger partial charge in [-0.25, -0.2) is 17.5 Å². The zero-order valence-electron chi connectivity index (χ0n) is 13.9. The first-order chi connectivity index (χ1) is 12.4. The maximum absolute atomic E-state index is 13.2. The van der Waals surface area contributed by atoms with E-state index in [2.05, 4.69) is 10.0 Å². The molecule has 26 heavy (non-hydrogen) atoms. The lowest BCUT2D eigenvalue weighted by Crippen LogP contribution is -2.35. The average Bonchev–Trinajstić information content (AvgIpc) is 3.12. The number of nitrogens with one attached hydrogen (secondary N) is 2. The maximum atomic E-state index is 13.2. The fourth-order valence-corrected chi connectivity index (χ4v) is 3.95. The molecule has 0 unspecified atom stereocenters. The topological polar surface area (TPSA) is 84.5 Å². The third-order valence-corrected chi connectivity index (χ3v) is 5.52. The van der Waals surface area contributed by atoms with Crippen LogP contribution in [0.25, 0.3) is 0 Å². The summed E-state index contributed by atoms with van der Waals surface area (Å²) in [5.41, 5.74) is 0.831. The van der Waals surface area contributed by atoms with Gasteiger partial charge in [0.1, 0.15) is 5.82 Å². The number of carbonyl (C=O) groups is 1. The van der Waals surface area contributed by atoms with Gasteiger partial charge in [0.2, 0.25) is 10.0 Å². The monoisotopic (exact) mass is 378 g/mol. The van der Waals surface area contributed by atoms with Gasteiger partial charge in [-0.05, 0) is 42.3 Å². The van der Waals surface area contributed by atoms with Gasteiger partial charge in [0.15, 0.2) is 0 Å². The van der Waals surface area contributed by atoms with Gasteiger partial charge in [-0.2, -0.15) is 0 Å². The van der Waals surface area contributed by atoms with Crippen LogP contribution in [0.4, 0.5) is 4.39 Å². The predicted octanol–water partition coefficient (Wildman–Crippen LogP) is 1.82. The molecular weight excluding hydrogens is 359 g/mol. The van der Waals surface area contributed by atoms with E-state index in [4.69, 9.17) is 4.74 Å². The van der Waals surface area contributed by atoms with Crippen LogP contribution in [0.5, 0.6) is 0 Å². The van der Waals surface area contributed by atoms with E-state index >= 15 is 0 Å². The Bertz CT molecular complexity index is 896. The van der Waals surface area contributed by atoms with E-state index in [1.54, 1.807) is 12.1 Å². The number of ether oxygens (including phenoxy) is 1. The quantitative estimate of drug-likeness (QED) is 0.803. The Labute approximate surface area is 151 Å². The molecule has 1 atom stereocenters. The van der Waals surface area contributed by atoms with Crippen molar-refractivity contribution in [1.82, 2.24) is 10.0 Å². The second kappa shape index (κ2) is 7.94. The molecule has 3 rings (SSSR count). The highest BCUT2D eigenvalue weighted by atomic mass is 32.2. The van der Waals surface area contributed by atoms with Crippen molar-refractivity contribution in [1.29, 1.82) is 0 Å². The fraction of sp³-hybridized carbons (Fsp3) is 0.278. The lowest BCUT2D eigenvalue weighted by Gasteiger charge is -2.12. The van der Waals surface area contributed by atoms with Crippen LogP contribution in [0.15, 0.2) is 53.4 Å². The molecule has 2 aromatic carbocycles. The van der Waals surface area contributed by atoms with Crippen molar-refractivity contribution in [2.45, 2.75) is 23.9 Å². The lowest BCUT2D eigenvalue weighted by molar-refractivity contribution is 0.0950. The summed E-state index contributed by atoms with van der Waals surface area (Å²) >= 11 is 0. The van der Waals surface area contributed by atoms with Crippen molar-refractivity contribution in [3.63, 3.8) is 0 Å². The Balaban J connectivity index is 1.68. The number of carbonyl (C=O) groups excluding carboxylic acids is 1. The van der Waals surface area contributed by atoms with Crippen molar-refractivity contribution in [3.05, 3.63) is 65.5 Å². The molecule has 1 aliphatic rings. The highest BCUT2D eigenvalue weighted by molar-refractivity contribution is 7.89. The average molecular weight is 378 g/mol. The Kier molecular flexibility index (Phi) is 5.65. The normalized spacial score (nSPS) is 17.2. The Hall–Kier alpha value is -2.29. The molecule has 0 bridgehead atoms. The third-order valence-electron chi connectivity index (χ3n) is 4.00. The Morgan fingerprint density at radius 2 is 2.00 bits per heavy atom. The molecule has 0 radical (unpaired) electrons. The smallest absolute Gasteiger partial charge is 0.251 e. The minimum Gasteiger partial charge on any atom is -0.380 e. The number of halogens is 1. The van der Waals surface area contributed by atoms with Gasteiger partial charge in [0.05, 0.1) is 11.5 Å². The van der Waals surface area contributed by atoms with Crippen molar-refractivity contribution in [2.75, 3.05) is 13.2 Å². The van der Waals surface area contributed by atoms with Crippen molar-refractivity contribution < 1.29 is 22.3 Å². The van der Waals surface area contributed by atoms with E-state index in [9.17, 15) is 17.6 Å². The number of benzene rings is 2. The van der Waals surface area contributed by atoms with Crippen molar-refractivity contribution >= 4 is 15.9 Å². The highest BCUT2D eigenvalue weighted by Crippen LogP contribution is 2.14. The summed E-state index contributed by atoms with van der Waals surface area (Å²) in [4.78, 5) is 12.3. The zero-order valence-corrected chi connectivity index (χ0v) is 14.8.